The van der Waals surface area contributed by atoms with E-state index in [1.807, 2.05) is 0 Å². The van der Waals surface area contributed by atoms with Crippen LogP contribution in [-0.2, 0) is 4.74 Å². The molecule has 0 saturated heterocycles. The molecule has 0 heterocycles. The van der Waals surface area contributed by atoms with Crippen LogP contribution < -0.4 is 10.6 Å². The van der Waals surface area contributed by atoms with Gasteiger partial charge in [0.25, 0.3) is 0 Å². The molecule has 1 aliphatic carbocycles. The van der Waals surface area contributed by atoms with E-state index in [4.69, 9.17) is 9.84 Å². The fourth-order valence-corrected chi connectivity index (χ4v) is 2.44. The lowest BCUT2D eigenvalue weighted by atomic mass is 9.80. The lowest BCUT2D eigenvalue weighted by Crippen LogP contribution is -2.50. The van der Waals surface area contributed by atoms with Crippen LogP contribution in [0.15, 0.2) is 18.2 Å². The van der Waals surface area contributed by atoms with E-state index in [9.17, 15) is 9.59 Å². The Morgan fingerprint density at radius 3 is 2.62 bits per heavy atom. The number of para-hydroxylation sites is 1. The zero-order valence-electron chi connectivity index (χ0n) is 12.2. The number of carbonyl (C=O) groups is 2. The maximum Gasteiger partial charge on any atom is 0.337 e. The molecule has 2 amide bonds. The van der Waals surface area contributed by atoms with E-state index in [2.05, 4.69) is 10.6 Å². The number of rotatable bonds is 5. The molecule has 6 nitrogen and oxygen atoms in total. The van der Waals surface area contributed by atoms with Crippen molar-refractivity contribution in [2.45, 2.75) is 31.8 Å². The van der Waals surface area contributed by atoms with E-state index in [0.717, 1.165) is 19.3 Å². The van der Waals surface area contributed by atoms with Crippen molar-refractivity contribution in [2.24, 2.45) is 0 Å². The van der Waals surface area contributed by atoms with Crippen LogP contribution >= 0.6 is 0 Å². The lowest BCUT2D eigenvalue weighted by Gasteiger charge is -2.40. The molecule has 0 aromatic heterocycles. The van der Waals surface area contributed by atoms with E-state index in [1.165, 1.54) is 6.07 Å². The predicted octanol–water partition coefficient (Wildman–Crippen LogP) is 2.38. The fraction of sp³-hybridized carbons (Fsp3) is 0.467. The van der Waals surface area contributed by atoms with Gasteiger partial charge in [0.15, 0.2) is 0 Å². The molecule has 0 aliphatic heterocycles. The first kappa shape index (κ1) is 15.3. The topological polar surface area (TPSA) is 87.7 Å². The predicted molar refractivity (Wildman–Crippen MR) is 78.8 cm³/mol. The summed E-state index contributed by atoms with van der Waals surface area (Å²) in [5, 5.41) is 14.5. The molecule has 6 heteroatoms. The van der Waals surface area contributed by atoms with E-state index in [1.54, 1.807) is 26.2 Å². The first-order chi connectivity index (χ1) is 9.97. The zero-order valence-corrected chi connectivity index (χ0v) is 12.2. The molecule has 0 spiro atoms. The monoisotopic (exact) mass is 292 g/mol. The Bertz CT molecular complexity index is 547. The minimum Gasteiger partial charge on any atom is -0.478 e. The summed E-state index contributed by atoms with van der Waals surface area (Å²) in [7, 11) is 1.64. The summed E-state index contributed by atoms with van der Waals surface area (Å²) in [6.45, 7) is 2.17. The molecular weight excluding hydrogens is 272 g/mol. The first-order valence-corrected chi connectivity index (χ1v) is 6.90. The summed E-state index contributed by atoms with van der Waals surface area (Å²) in [5.41, 5.74) is 0.839. The van der Waals surface area contributed by atoms with E-state index in [0.29, 0.717) is 17.8 Å². The molecule has 1 aromatic rings. The summed E-state index contributed by atoms with van der Waals surface area (Å²) < 4.78 is 5.42. The number of carbonyl (C=O) groups excluding carboxylic acids is 1. The van der Waals surface area contributed by atoms with Gasteiger partial charge in [0.1, 0.15) is 0 Å². The Labute approximate surface area is 123 Å². The summed E-state index contributed by atoms with van der Waals surface area (Å²) in [4.78, 5) is 23.2. The van der Waals surface area contributed by atoms with Crippen molar-refractivity contribution in [1.29, 1.82) is 0 Å². The fourth-order valence-electron chi connectivity index (χ4n) is 2.44. The summed E-state index contributed by atoms with van der Waals surface area (Å²) >= 11 is 0. The van der Waals surface area contributed by atoms with Crippen molar-refractivity contribution in [3.8, 4) is 0 Å². The molecular formula is C15H20N2O4. The van der Waals surface area contributed by atoms with Crippen molar-refractivity contribution >= 4 is 17.7 Å². The van der Waals surface area contributed by atoms with Crippen LogP contribution in [0, 0.1) is 6.92 Å². The SMILES string of the molecule is COC1(CNC(=O)Nc2c(C)cccc2C(=O)O)CCC1. The van der Waals surface area contributed by atoms with Crippen molar-refractivity contribution in [3.05, 3.63) is 29.3 Å². The van der Waals surface area contributed by atoms with Crippen LogP contribution in [0.4, 0.5) is 10.5 Å². The standard InChI is InChI=1S/C15H20N2O4/c1-10-5-3-6-11(13(18)19)12(10)17-14(20)16-9-15(21-2)7-4-8-15/h3,5-6H,4,7-9H2,1-2H3,(H,18,19)(H2,16,17,20). The Kier molecular flexibility index (Phi) is 4.47. The second kappa shape index (κ2) is 6.13. The third-order valence-corrected chi connectivity index (χ3v) is 4.01. The Morgan fingerprint density at radius 2 is 2.10 bits per heavy atom. The zero-order chi connectivity index (χ0) is 15.5. The van der Waals surface area contributed by atoms with Gasteiger partial charge in [0, 0.05) is 13.7 Å². The molecule has 0 bridgehead atoms. The quantitative estimate of drug-likeness (QED) is 0.777. The van der Waals surface area contributed by atoms with E-state index in [-0.39, 0.29) is 11.2 Å². The molecule has 0 unspecified atom stereocenters. The van der Waals surface area contributed by atoms with Gasteiger partial charge in [-0.3, -0.25) is 0 Å². The second-order valence-corrected chi connectivity index (χ2v) is 5.35. The number of nitrogens with one attached hydrogen (secondary N) is 2. The van der Waals surface area contributed by atoms with Crippen molar-refractivity contribution in [2.75, 3.05) is 19.0 Å². The smallest absolute Gasteiger partial charge is 0.337 e. The van der Waals surface area contributed by atoms with Gasteiger partial charge < -0.3 is 20.5 Å². The highest BCUT2D eigenvalue weighted by atomic mass is 16.5. The summed E-state index contributed by atoms with van der Waals surface area (Å²) in [6.07, 6.45) is 2.95. The third-order valence-electron chi connectivity index (χ3n) is 4.01. The number of methoxy groups -OCH3 is 1. The molecule has 1 aromatic carbocycles. The average Bonchev–Trinajstić information content (AvgIpc) is 2.40. The number of carboxylic acid groups (broad SMARTS) is 1. The van der Waals surface area contributed by atoms with Gasteiger partial charge >= 0.3 is 12.0 Å². The highest BCUT2D eigenvalue weighted by Crippen LogP contribution is 2.34. The molecule has 0 atom stereocenters. The Balaban J connectivity index is 2.01. The maximum absolute atomic E-state index is 12.0. The minimum absolute atomic E-state index is 0.0789. The van der Waals surface area contributed by atoms with Crippen LogP contribution in [0.5, 0.6) is 0 Å². The number of amides is 2. The molecule has 2 rings (SSSR count). The number of ether oxygens (including phenoxy) is 1. The van der Waals surface area contributed by atoms with Crippen LogP contribution in [0.1, 0.15) is 35.2 Å². The van der Waals surface area contributed by atoms with Gasteiger partial charge in [-0.15, -0.1) is 0 Å². The number of benzene rings is 1. The normalized spacial score (nSPS) is 15.9. The lowest BCUT2D eigenvalue weighted by molar-refractivity contribution is -0.0671. The molecule has 1 fully saturated rings. The van der Waals surface area contributed by atoms with Crippen molar-refractivity contribution in [3.63, 3.8) is 0 Å². The number of hydrogen-bond donors (Lipinski definition) is 3. The van der Waals surface area contributed by atoms with Crippen LogP contribution in [0.3, 0.4) is 0 Å². The van der Waals surface area contributed by atoms with Gasteiger partial charge in [0.2, 0.25) is 0 Å². The average molecular weight is 292 g/mol. The van der Waals surface area contributed by atoms with Gasteiger partial charge in [-0.1, -0.05) is 12.1 Å². The second-order valence-electron chi connectivity index (χ2n) is 5.35. The number of aromatic carboxylic acids is 1. The Morgan fingerprint density at radius 1 is 1.38 bits per heavy atom. The summed E-state index contributed by atoms with van der Waals surface area (Å²) in [5.74, 6) is -1.07. The summed E-state index contributed by atoms with van der Waals surface area (Å²) in [6, 6.07) is 4.45. The number of hydrogen-bond acceptors (Lipinski definition) is 3. The molecule has 0 radical (unpaired) electrons. The van der Waals surface area contributed by atoms with Crippen molar-refractivity contribution in [1.82, 2.24) is 5.32 Å². The third kappa shape index (κ3) is 3.33. The first-order valence-electron chi connectivity index (χ1n) is 6.90. The highest BCUT2D eigenvalue weighted by molar-refractivity contribution is 6.00. The van der Waals surface area contributed by atoms with Crippen LogP contribution in [0.2, 0.25) is 0 Å². The highest BCUT2D eigenvalue weighted by Gasteiger charge is 2.37. The van der Waals surface area contributed by atoms with Gasteiger partial charge in [0.05, 0.1) is 16.9 Å². The largest absolute Gasteiger partial charge is 0.478 e. The number of urea groups is 1. The van der Waals surface area contributed by atoms with Crippen LogP contribution in [-0.4, -0.2) is 36.4 Å². The molecule has 3 N–H and O–H groups in total. The molecule has 1 saturated carbocycles. The maximum atomic E-state index is 12.0. The van der Waals surface area contributed by atoms with E-state index >= 15 is 0 Å². The number of carboxylic acids is 1. The van der Waals surface area contributed by atoms with Gasteiger partial charge in [-0.25, -0.2) is 9.59 Å². The van der Waals surface area contributed by atoms with E-state index < -0.39 is 12.0 Å². The number of aryl methyl sites for hydroxylation is 1. The Hall–Kier alpha value is -2.08. The van der Waals surface area contributed by atoms with Crippen LogP contribution in [0.25, 0.3) is 0 Å². The molecule has 114 valence electrons. The van der Waals surface area contributed by atoms with Gasteiger partial charge in [-0.2, -0.15) is 0 Å². The number of anilines is 1. The van der Waals surface area contributed by atoms with Crippen molar-refractivity contribution < 1.29 is 19.4 Å². The minimum atomic E-state index is -1.07. The van der Waals surface area contributed by atoms with Gasteiger partial charge in [-0.05, 0) is 37.8 Å². The molecule has 1 aliphatic rings. The molecule has 21 heavy (non-hydrogen) atoms.